The summed E-state index contributed by atoms with van der Waals surface area (Å²) in [6.45, 7) is 2.97. The minimum absolute atomic E-state index is 0.223. The van der Waals surface area contributed by atoms with E-state index in [0.29, 0.717) is 5.02 Å². The van der Waals surface area contributed by atoms with Crippen LogP contribution < -0.4 is 4.74 Å². The number of hydrogen-bond donors (Lipinski definition) is 0. The first-order valence-electron chi connectivity index (χ1n) is 8.84. The first kappa shape index (κ1) is 17.6. The lowest BCUT2D eigenvalue weighted by Gasteiger charge is -2.32. The zero-order chi connectivity index (χ0) is 17.9. The van der Waals surface area contributed by atoms with E-state index >= 15 is 0 Å². The average Bonchev–Trinajstić information content (AvgIpc) is 2.64. The van der Waals surface area contributed by atoms with Crippen molar-refractivity contribution in [3.05, 3.63) is 70.5 Å². The predicted molar refractivity (Wildman–Crippen MR) is 107 cm³/mol. The van der Waals surface area contributed by atoms with Gasteiger partial charge in [0.15, 0.2) is 0 Å². The van der Waals surface area contributed by atoms with E-state index < -0.39 is 0 Å². The number of hydrogen-bond acceptors (Lipinski definition) is 3. The molecule has 0 aliphatic carbocycles. The van der Waals surface area contributed by atoms with Crippen LogP contribution in [0.5, 0.6) is 5.75 Å². The number of aromatic nitrogens is 1. The SMILES string of the molecule is Clc1cccc(CN2CCC(Oc3cc(Cl)c4cnccc4c3)CC2)c1. The molecule has 4 rings (SSSR count). The number of benzene rings is 2. The molecule has 0 N–H and O–H groups in total. The molecule has 1 saturated heterocycles. The molecule has 0 amide bonds. The largest absolute Gasteiger partial charge is 0.490 e. The number of piperidine rings is 1. The molecule has 134 valence electrons. The van der Waals surface area contributed by atoms with E-state index in [-0.39, 0.29) is 6.10 Å². The fraction of sp³-hybridized carbons (Fsp3) is 0.286. The van der Waals surface area contributed by atoms with Gasteiger partial charge >= 0.3 is 0 Å². The van der Waals surface area contributed by atoms with E-state index in [1.807, 2.05) is 36.4 Å². The smallest absolute Gasteiger partial charge is 0.121 e. The standard InChI is InChI=1S/C21H20Cl2N2O/c22-17-3-1-2-15(10-17)14-25-8-5-18(6-9-25)26-19-11-16-4-7-24-13-20(16)21(23)12-19/h1-4,7,10-13,18H,5-6,8-9,14H2. The van der Waals surface area contributed by atoms with Crippen LogP contribution in [0.25, 0.3) is 10.8 Å². The van der Waals surface area contributed by atoms with Gasteiger partial charge in [0.1, 0.15) is 11.9 Å². The van der Waals surface area contributed by atoms with Crippen LogP contribution in [0, 0.1) is 0 Å². The Morgan fingerprint density at radius 1 is 1.08 bits per heavy atom. The average molecular weight is 387 g/mol. The summed E-state index contributed by atoms with van der Waals surface area (Å²) in [5.74, 6) is 0.835. The third-order valence-electron chi connectivity index (χ3n) is 4.81. The molecule has 0 saturated carbocycles. The summed E-state index contributed by atoms with van der Waals surface area (Å²) in [7, 11) is 0. The van der Waals surface area contributed by atoms with Crippen LogP contribution in [0.15, 0.2) is 54.9 Å². The zero-order valence-corrected chi connectivity index (χ0v) is 15.9. The Bertz CT molecular complexity index is 907. The Kier molecular flexibility index (Phi) is 5.30. The van der Waals surface area contributed by atoms with Crippen molar-refractivity contribution in [2.45, 2.75) is 25.5 Å². The summed E-state index contributed by atoms with van der Waals surface area (Å²) in [5.41, 5.74) is 1.26. The van der Waals surface area contributed by atoms with Gasteiger partial charge in [0.2, 0.25) is 0 Å². The van der Waals surface area contributed by atoms with E-state index in [1.54, 1.807) is 12.4 Å². The quantitative estimate of drug-likeness (QED) is 0.584. The van der Waals surface area contributed by atoms with Crippen LogP contribution in [0.4, 0.5) is 0 Å². The van der Waals surface area contributed by atoms with Gasteiger partial charge in [0.05, 0.1) is 5.02 Å². The minimum atomic E-state index is 0.223. The Hall–Kier alpha value is -1.81. The highest BCUT2D eigenvalue weighted by Gasteiger charge is 2.21. The van der Waals surface area contributed by atoms with Gasteiger partial charge in [0.25, 0.3) is 0 Å². The first-order chi connectivity index (χ1) is 12.7. The third-order valence-corrected chi connectivity index (χ3v) is 5.36. The van der Waals surface area contributed by atoms with E-state index in [0.717, 1.165) is 54.0 Å². The van der Waals surface area contributed by atoms with Gasteiger partial charge in [-0.25, -0.2) is 0 Å². The second kappa shape index (κ2) is 7.83. The lowest BCUT2D eigenvalue weighted by molar-refractivity contribution is 0.0969. The lowest BCUT2D eigenvalue weighted by Crippen LogP contribution is -2.37. The molecule has 0 atom stereocenters. The monoisotopic (exact) mass is 386 g/mol. The van der Waals surface area contributed by atoms with Gasteiger partial charge in [-0.1, -0.05) is 35.3 Å². The van der Waals surface area contributed by atoms with Crippen molar-refractivity contribution in [2.75, 3.05) is 13.1 Å². The highest BCUT2D eigenvalue weighted by molar-refractivity contribution is 6.35. The fourth-order valence-corrected chi connectivity index (χ4v) is 3.95. The number of nitrogens with zero attached hydrogens (tertiary/aromatic N) is 2. The van der Waals surface area contributed by atoms with E-state index in [4.69, 9.17) is 27.9 Å². The van der Waals surface area contributed by atoms with Crippen LogP contribution in [0.1, 0.15) is 18.4 Å². The maximum atomic E-state index is 6.37. The second-order valence-electron chi connectivity index (χ2n) is 6.73. The minimum Gasteiger partial charge on any atom is -0.490 e. The number of halogens is 2. The topological polar surface area (TPSA) is 25.4 Å². The molecule has 5 heteroatoms. The number of ether oxygens (including phenoxy) is 1. The van der Waals surface area contributed by atoms with Gasteiger partial charge < -0.3 is 4.74 Å². The molecule has 0 radical (unpaired) electrons. The first-order valence-corrected chi connectivity index (χ1v) is 9.60. The predicted octanol–water partition coefficient (Wildman–Crippen LogP) is 5.59. The zero-order valence-electron chi connectivity index (χ0n) is 14.4. The summed E-state index contributed by atoms with van der Waals surface area (Å²) in [6.07, 6.45) is 5.80. The normalized spacial score (nSPS) is 16.1. The van der Waals surface area contributed by atoms with Gasteiger partial charge in [-0.2, -0.15) is 0 Å². The lowest BCUT2D eigenvalue weighted by atomic mass is 10.1. The van der Waals surface area contributed by atoms with Crippen molar-refractivity contribution >= 4 is 34.0 Å². The summed E-state index contributed by atoms with van der Waals surface area (Å²) in [5, 5.41) is 3.49. The summed E-state index contributed by atoms with van der Waals surface area (Å²) in [4.78, 5) is 6.58. The Morgan fingerprint density at radius 3 is 2.73 bits per heavy atom. The third kappa shape index (κ3) is 4.12. The van der Waals surface area contributed by atoms with Gasteiger partial charge in [-0.15, -0.1) is 0 Å². The summed E-state index contributed by atoms with van der Waals surface area (Å²) < 4.78 is 6.21. The van der Waals surface area contributed by atoms with Crippen molar-refractivity contribution in [2.24, 2.45) is 0 Å². The van der Waals surface area contributed by atoms with Crippen LogP contribution in [0.2, 0.25) is 10.0 Å². The fourth-order valence-electron chi connectivity index (χ4n) is 3.47. The molecule has 1 aromatic heterocycles. The molecule has 1 aliphatic rings. The molecule has 3 nitrogen and oxygen atoms in total. The van der Waals surface area contributed by atoms with E-state index in [2.05, 4.69) is 16.0 Å². The molecule has 3 aromatic rings. The van der Waals surface area contributed by atoms with Crippen molar-refractivity contribution in [3.8, 4) is 5.75 Å². The molecule has 0 unspecified atom stereocenters. The van der Waals surface area contributed by atoms with E-state index in [1.165, 1.54) is 5.56 Å². The second-order valence-corrected chi connectivity index (χ2v) is 7.57. The number of fused-ring (bicyclic) bond motifs is 1. The number of pyridine rings is 1. The summed E-state index contributed by atoms with van der Waals surface area (Å²) in [6, 6.07) is 14.0. The molecular weight excluding hydrogens is 367 g/mol. The van der Waals surface area contributed by atoms with Crippen LogP contribution >= 0.6 is 23.2 Å². The van der Waals surface area contributed by atoms with Crippen molar-refractivity contribution < 1.29 is 4.74 Å². The number of rotatable bonds is 4. The van der Waals surface area contributed by atoms with Crippen LogP contribution in [-0.2, 0) is 6.54 Å². The van der Waals surface area contributed by atoms with Gasteiger partial charge in [-0.05, 0) is 54.1 Å². The molecule has 2 heterocycles. The van der Waals surface area contributed by atoms with Crippen LogP contribution in [-0.4, -0.2) is 29.1 Å². The van der Waals surface area contributed by atoms with Gasteiger partial charge in [-0.3, -0.25) is 9.88 Å². The summed E-state index contributed by atoms with van der Waals surface area (Å²) >= 11 is 12.4. The highest BCUT2D eigenvalue weighted by Crippen LogP contribution is 2.30. The number of likely N-dealkylation sites (tertiary alicyclic amines) is 1. The maximum Gasteiger partial charge on any atom is 0.121 e. The van der Waals surface area contributed by atoms with Crippen molar-refractivity contribution in [1.82, 2.24) is 9.88 Å². The molecular formula is C21H20Cl2N2O. The Labute approximate surface area is 163 Å². The molecule has 1 aliphatic heterocycles. The Morgan fingerprint density at radius 2 is 1.92 bits per heavy atom. The molecule has 2 aromatic carbocycles. The van der Waals surface area contributed by atoms with Crippen molar-refractivity contribution in [1.29, 1.82) is 0 Å². The van der Waals surface area contributed by atoms with Crippen molar-refractivity contribution in [3.63, 3.8) is 0 Å². The van der Waals surface area contributed by atoms with Crippen LogP contribution in [0.3, 0.4) is 0 Å². The van der Waals surface area contributed by atoms with E-state index in [9.17, 15) is 0 Å². The molecule has 0 spiro atoms. The molecule has 0 bridgehead atoms. The highest BCUT2D eigenvalue weighted by atomic mass is 35.5. The Balaban J connectivity index is 1.36. The maximum absolute atomic E-state index is 6.37. The van der Waals surface area contributed by atoms with Gasteiger partial charge in [0, 0.05) is 42.4 Å². The molecule has 26 heavy (non-hydrogen) atoms. The molecule has 1 fully saturated rings.